The third-order valence-electron chi connectivity index (χ3n) is 3.08. The van der Waals surface area contributed by atoms with Gasteiger partial charge in [-0.1, -0.05) is 23.7 Å². The van der Waals surface area contributed by atoms with Crippen molar-refractivity contribution < 1.29 is 4.39 Å². The lowest BCUT2D eigenvalue weighted by Crippen LogP contribution is -2.12. The Balaban J connectivity index is 1.85. The van der Waals surface area contributed by atoms with Crippen molar-refractivity contribution in [3.63, 3.8) is 0 Å². The van der Waals surface area contributed by atoms with E-state index in [0.29, 0.717) is 10.7 Å². The van der Waals surface area contributed by atoms with Gasteiger partial charge in [0, 0.05) is 26.9 Å². The maximum absolute atomic E-state index is 13.5. The molecule has 1 N–H and O–H groups in total. The maximum atomic E-state index is 13.5. The molecule has 3 aromatic rings. The Morgan fingerprint density at radius 1 is 1.10 bits per heavy atom. The van der Waals surface area contributed by atoms with E-state index in [1.165, 1.54) is 21.9 Å². The van der Waals surface area contributed by atoms with Crippen LogP contribution in [0, 0.1) is 5.82 Å². The van der Waals surface area contributed by atoms with Gasteiger partial charge in [-0.3, -0.25) is 0 Å². The smallest absolute Gasteiger partial charge is 0.126 e. The molecule has 21 heavy (non-hydrogen) atoms. The second-order valence-electron chi connectivity index (χ2n) is 4.65. The number of benzene rings is 1. The van der Waals surface area contributed by atoms with Gasteiger partial charge < -0.3 is 5.32 Å². The zero-order chi connectivity index (χ0) is 14.7. The highest BCUT2D eigenvalue weighted by Crippen LogP contribution is 2.29. The van der Waals surface area contributed by atoms with Crippen molar-refractivity contribution >= 4 is 40.0 Å². The number of hydrogen-bond donors (Lipinski definition) is 1. The molecule has 0 aliphatic carbocycles. The van der Waals surface area contributed by atoms with E-state index in [1.807, 2.05) is 12.1 Å². The number of anilines is 1. The molecule has 2 aromatic heterocycles. The molecule has 1 nitrogen and oxygen atoms in total. The zero-order valence-electron chi connectivity index (χ0n) is 11.1. The summed E-state index contributed by atoms with van der Waals surface area (Å²) in [6.45, 7) is 0. The van der Waals surface area contributed by atoms with Crippen LogP contribution in [0.2, 0.25) is 5.02 Å². The lowest BCUT2D eigenvalue weighted by Gasteiger charge is -2.18. The van der Waals surface area contributed by atoms with Crippen molar-refractivity contribution in [3.05, 3.63) is 73.8 Å². The summed E-state index contributed by atoms with van der Waals surface area (Å²) in [5.41, 5.74) is 0.704. The first-order chi connectivity index (χ1) is 10.2. The summed E-state index contributed by atoms with van der Waals surface area (Å²) in [5, 5.41) is 7.92. The van der Waals surface area contributed by atoms with Crippen LogP contribution in [0.3, 0.4) is 0 Å². The molecule has 0 amide bonds. The molecule has 0 spiro atoms. The largest absolute Gasteiger partial charge is 0.377 e. The third kappa shape index (κ3) is 3.84. The van der Waals surface area contributed by atoms with Crippen molar-refractivity contribution in [1.29, 1.82) is 0 Å². The Labute approximate surface area is 136 Å². The van der Waals surface area contributed by atoms with Crippen LogP contribution in [-0.2, 0) is 6.42 Å². The fourth-order valence-electron chi connectivity index (χ4n) is 2.18. The summed E-state index contributed by atoms with van der Waals surface area (Å²) in [5.74, 6) is -0.328. The Morgan fingerprint density at radius 3 is 2.57 bits per heavy atom. The third-order valence-corrected chi connectivity index (χ3v) is 5.18. The monoisotopic (exact) mass is 337 g/mol. The van der Waals surface area contributed by atoms with E-state index in [9.17, 15) is 4.39 Å². The number of hydrogen-bond acceptors (Lipinski definition) is 3. The van der Waals surface area contributed by atoms with Crippen LogP contribution in [0.25, 0.3) is 0 Å². The molecule has 1 aromatic carbocycles. The fraction of sp³-hybridized carbons (Fsp3) is 0.125. The molecule has 0 saturated heterocycles. The van der Waals surface area contributed by atoms with Crippen LogP contribution in [0.4, 0.5) is 10.1 Å². The highest BCUT2D eigenvalue weighted by molar-refractivity contribution is 7.10. The highest BCUT2D eigenvalue weighted by atomic mass is 35.5. The van der Waals surface area contributed by atoms with Crippen molar-refractivity contribution in [2.45, 2.75) is 12.5 Å². The minimum atomic E-state index is -0.328. The van der Waals surface area contributed by atoms with Crippen LogP contribution in [0.5, 0.6) is 0 Å². The van der Waals surface area contributed by atoms with Gasteiger partial charge in [0.2, 0.25) is 0 Å². The van der Waals surface area contributed by atoms with Gasteiger partial charge in [0.25, 0.3) is 0 Å². The lowest BCUT2D eigenvalue weighted by atomic mass is 10.1. The molecule has 0 bridgehead atoms. The number of rotatable bonds is 5. The molecule has 0 radical (unpaired) electrons. The van der Waals surface area contributed by atoms with Crippen LogP contribution in [0.15, 0.2) is 53.2 Å². The topological polar surface area (TPSA) is 12.0 Å². The van der Waals surface area contributed by atoms with Crippen molar-refractivity contribution in [3.8, 4) is 0 Å². The molecule has 0 aliphatic rings. The maximum Gasteiger partial charge on any atom is 0.126 e. The van der Waals surface area contributed by atoms with Crippen LogP contribution in [-0.4, -0.2) is 0 Å². The molecule has 2 heterocycles. The standard InChI is InChI=1S/C16H13ClFNS2/c17-11-7-12(18)9-13(8-11)19-15(16-4-2-6-21-16)10-14-3-1-5-20-14/h1-9,15,19H,10H2. The predicted molar refractivity (Wildman–Crippen MR) is 90.1 cm³/mol. The van der Waals surface area contributed by atoms with Crippen LogP contribution >= 0.6 is 34.3 Å². The average Bonchev–Trinajstić information content (AvgIpc) is 3.10. The molecular formula is C16H13ClFNS2. The summed E-state index contributed by atoms with van der Waals surface area (Å²) in [6, 6.07) is 12.9. The summed E-state index contributed by atoms with van der Waals surface area (Å²) in [4.78, 5) is 2.52. The summed E-state index contributed by atoms with van der Waals surface area (Å²) in [6.07, 6.45) is 0.867. The lowest BCUT2D eigenvalue weighted by molar-refractivity contribution is 0.628. The number of halogens is 2. The quantitative estimate of drug-likeness (QED) is 0.602. The van der Waals surface area contributed by atoms with Crippen LogP contribution < -0.4 is 5.32 Å². The van der Waals surface area contributed by atoms with Crippen LogP contribution in [0.1, 0.15) is 15.8 Å². The number of thiophene rings is 2. The van der Waals surface area contributed by atoms with Crippen molar-refractivity contribution in [1.82, 2.24) is 0 Å². The minimum Gasteiger partial charge on any atom is -0.377 e. The van der Waals surface area contributed by atoms with E-state index in [4.69, 9.17) is 11.6 Å². The normalized spacial score (nSPS) is 12.3. The van der Waals surface area contributed by atoms with Crippen molar-refractivity contribution in [2.24, 2.45) is 0 Å². The zero-order valence-corrected chi connectivity index (χ0v) is 13.4. The van der Waals surface area contributed by atoms with Gasteiger partial charge in [0.05, 0.1) is 6.04 Å². The minimum absolute atomic E-state index is 0.113. The van der Waals surface area contributed by atoms with E-state index in [-0.39, 0.29) is 11.9 Å². The van der Waals surface area contributed by atoms with Crippen molar-refractivity contribution in [2.75, 3.05) is 5.32 Å². The summed E-state index contributed by atoms with van der Waals surface area (Å²) in [7, 11) is 0. The number of nitrogens with one attached hydrogen (secondary N) is 1. The molecule has 5 heteroatoms. The average molecular weight is 338 g/mol. The molecule has 0 saturated carbocycles. The Bertz CT molecular complexity index is 675. The van der Waals surface area contributed by atoms with Gasteiger partial charge in [0.1, 0.15) is 5.82 Å². The Hall–Kier alpha value is -1.36. The SMILES string of the molecule is Fc1cc(Cl)cc(NC(Cc2cccs2)c2cccs2)c1. The van der Waals surface area contributed by atoms with E-state index >= 15 is 0 Å². The van der Waals surface area contributed by atoms with E-state index in [2.05, 4.69) is 28.2 Å². The van der Waals surface area contributed by atoms with Gasteiger partial charge in [-0.2, -0.15) is 0 Å². The van der Waals surface area contributed by atoms with E-state index in [0.717, 1.165) is 6.42 Å². The van der Waals surface area contributed by atoms with Gasteiger partial charge >= 0.3 is 0 Å². The van der Waals surface area contributed by atoms with Gasteiger partial charge in [-0.25, -0.2) is 4.39 Å². The first-order valence-corrected chi connectivity index (χ1v) is 8.63. The second-order valence-corrected chi connectivity index (χ2v) is 7.10. The highest BCUT2D eigenvalue weighted by Gasteiger charge is 2.14. The van der Waals surface area contributed by atoms with Gasteiger partial charge in [-0.05, 0) is 41.1 Å². The molecule has 108 valence electrons. The summed E-state index contributed by atoms with van der Waals surface area (Å²) < 4.78 is 13.5. The van der Waals surface area contributed by atoms with E-state index < -0.39 is 0 Å². The van der Waals surface area contributed by atoms with Gasteiger partial charge in [0.15, 0.2) is 0 Å². The molecule has 0 fully saturated rings. The second kappa shape index (κ2) is 6.60. The fourth-order valence-corrected chi connectivity index (χ4v) is 3.93. The molecule has 3 rings (SSSR count). The Kier molecular flexibility index (Phi) is 4.58. The Morgan fingerprint density at radius 2 is 1.90 bits per heavy atom. The predicted octanol–water partition coefficient (Wildman–Crippen LogP) is 6.00. The molecular weight excluding hydrogens is 325 g/mol. The molecule has 0 aliphatic heterocycles. The van der Waals surface area contributed by atoms with Gasteiger partial charge in [-0.15, -0.1) is 22.7 Å². The molecule has 1 unspecified atom stereocenters. The first kappa shape index (κ1) is 14.6. The first-order valence-electron chi connectivity index (χ1n) is 6.49. The summed E-state index contributed by atoms with van der Waals surface area (Å²) >= 11 is 9.35. The van der Waals surface area contributed by atoms with E-state index in [1.54, 1.807) is 28.7 Å². The molecule has 1 atom stereocenters.